The number of H-pyrrole nitrogens is 1. The van der Waals surface area contributed by atoms with Crippen LogP contribution in [0.4, 0.5) is 5.95 Å². The lowest BCUT2D eigenvalue weighted by Gasteiger charge is -2.04. The number of carbonyl (C=O) groups excluding carboxylic acids is 1. The summed E-state index contributed by atoms with van der Waals surface area (Å²) in [5.41, 5.74) is 0.975. The lowest BCUT2D eigenvalue weighted by atomic mass is 10.1. The standard InChI is InChI=1S/C18H15N5O4/c1-25-12-7-8-13-14(9-12)17(26-10-11-5-3-2-4-6-11)27-15(13)16(24)19-18-20-22-23-21-18/h2-9H,10H2,1H3,(H2,19,20,21,22,23,24). The molecule has 0 fully saturated rings. The second kappa shape index (κ2) is 7.16. The molecule has 0 radical (unpaired) electrons. The SMILES string of the molecule is COc1ccc2c(C(=O)Nc3nn[nH]n3)oc(OCc3ccccc3)c2c1. The first-order valence-electron chi connectivity index (χ1n) is 8.06. The highest BCUT2D eigenvalue weighted by Gasteiger charge is 2.22. The van der Waals surface area contributed by atoms with Crippen LogP contribution in [0, 0.1) is 0 Å². The number of furan rings is 1. The summed E-state index contributed by atoms with van der Waals surface area (Å²) < 4.78 is 16.8. The van der Waals surface area contributed by atoms with Crippen molar-refractivity contribution in [2.45, 2.75) is 6.61 Å². The van der Waals surface area contributed by atoms with Crippen molar-refractivity contribution < 1.29 is 18.7 Å². The number of rotatable bonds is 6. The Balaban J connectivity index is 1.68. The summed E-state index contributed by atoms with van der Waals surface area (Å²) in [4.78, 5) is 12.6. The van der Waals surface area contributed by atoms with E-state index in [-0.39, 0.29) is 17.7 Å². The van der Waals surface area contributed by atoms with Crippen LogP contribution in [0.15, 0.2) is 52.9 Å². The molecule has 9 heteroatoms. The molecule has 2 heterocycles. The molecule has 2 N–H and O–H groups in total. The van der Waals surface area contributed by atoms with Crippen LogP contribution in [-0.2, 0) is 6.61 Å². The molecule has 0 spiro atoms. The monoisotopic (exact) mass is 365 g/mol. The summed E-state index contributed by atoms with van der Waals surface area (Å²) >= 11 is 0. The molecule has 136 valence electrons. The van der Waals surface area contributed by atoms with Crippen LogP contribution < -0.4 is 14.8 Å². The Kier molecular flexibility index (Phi) is 4.40. The number of nitrogens with zero attached hydrogens (tertiary/aromatic N) is 3. The first-order valence-corrected chi connectivity index (χ1v) is 8.06. The van der Waals surface area contributed by atoms with Gasteiger partial charge in [-0.3, -0.25) is 10.1 Å². The molecule has 0 saturated heterocycles. The summed E-state index contributed by atoms with van der Waals surface area (Å²) in [7, 11) is 1.57. The molecular weight excluding hydrogens is 350 g/mol. The van der Waals surface area contributed by atoms with Gasteiger partial charge in [-0.2, -0.15) is 5.21 Å². The van der Waals surface area contributed by atoms with Crippen molar-refractivity contribution >= 4 is 22.6 Å². The van der Waals surface area contributed by atoms with Crippen LogP contribution in [0.5, 0.6) is 11.7 Å². The van der Waals surface area contributed by atoms with Crippen LogP contribution in [0.3, 0.4) is 0 Å². The van der Waals surface area contributed by atoms with E-state index in [1.165, 1.54) is 0 Å². The van der Waals surface area contributed by atoms with Gasteiger partial charge in [0.1, 0.15) is 12.4 Å². The molecule has 9 nitrogen and oxygen atoms in total. The van der Waals surface area contributed by atoms with Crippen molar-refractivity contribution in [3.8, 4) is 11.7 Å². The van der Waals surface area contributed by atoms with Gasteiger partial charge < -0.3 is 13.9 Å². The Morgan fingerprint density at radius 1 is 1.19 bits per heavy atom. The Morgan fingerprint density at radius 2 is 2.04 bits per heavy atom. The van der Waals surface area contributed by atoms with E-state index in [1.54, 1.807) is 25.3 Å². The van der Waals surface area contributed by atoms with Crippen molar-refractivity contribution in [3.63, 3.8) is 0 Å². The Morgan fingerprint density at radius 3 is 2.78 bits per heavy atom. The minimum atomic E-state index is -0.513. The second-order valence-electron chi connectivity index (χ2n) is 5.59. The number of nitrogens with one attached hydrogen (secondary N) is 2. The highest BCUT2D eigenvalue weighted by molar-refractivity contribution is 6.11. The molecule has 4 rings (SSSR count). The van der Waals surface area contributed by atoms with Gasteiger partial charge in [0.15, 0.2) is 0 Å². The molecule has 0 bridgehead atoms. The Bertz CT molecular complexity index is 1060. The molecule has 0 atom stereocenters. The van der Waals surface area contributed by atoms with E-state index in [0.717, 1.165) is 5.56 Å². The van der Waals surface area contributed by atoms with E-state index >= 15 is 0 Å². The zero-order chi connectivity index (χ0) is 18.6. The third-order valence-corrected chi connectivity index (χ3v) is 3.88. The van der Waals surface area contributed by atoms with Crippen molar-refractivity contribution in [3.05, 3.63) is 59.9 Å². The van der Waals surface area contributed by atoms with Crippen molar-refractivity contribution in [2.24, 2.45) is 0 Å². The number of fused-ring (bicyclic) bond motifs is 1. The number of methoxy groups -OCH3 is 1. The molecule has 2 aromatic carbocycles. The predicted molar refractivity (Wildman–Crippen MR) is 95.7 cm³/mol. The number of aromatic nitrogens is 4. The van der Waals surface area contributed by atoms with Crippen LogP contribution in [0.2, 0.25) is 0 Å². The maximum absolute atomic E-state index is 12.6. The number of benzene rings is 2. The molecule has 0 aliphatic heterocycles. The number of aromatic amines is 1. The van der Waals surface area contributed by atoms with Crippen molar-refractivity contribution in [1.82, 2.24) is 20.6 Å². The molecule has 27 heavy (non-hydrogen) atoms. The number of ether oxygens (including phenoxy) is 2. The molecular formula is C18H15N5O4. The number of amides is 1. The van der Waals surface area contributed by atoms with Crippen molar-refractivity contribution in [2.75, 3.05) is 12.4 Å². The van der Waals surface area contributed by atoms with Gasteiger partial charge in [-0.25, -0.2) is 0 Å². The smallest absolute Gasteiger partial charge is 0.294 e. The number of anilines is 1. The average molecular weight is 365 g/mol. The fourth-order valence-corrected chi connectivity index (χ4v) is 2.59. The lowest BCUT2D eigenvalue weighted by Crippen LogP contribution is -2.12. The van der Waals surface area contributed by atoms with Crippen LogP contribution in [0.1, 0.15) is 16.1 Å². The van der Waals surface area contributed by atoms with Gasteiger partial charge in [0.05, 0.1) is 12.5 Å². The maximum Gasteiger partial charge on any atom is 0.294 e. The molecule has 2 aromatic heterocycles. The largest absolute Gasteiger partial charge is 0.497 e. The topological polar surface area (TPSA) is 115 Å². The molecule has 0 aliphatic carbocycles. The molecule has 4 aromatic rings. The fraction of sp³-hybridized carbons (Fsp3) is 0.111. The van der Waals surface area contributed by atoms with E-state index < -0.39 is 5.91 Å². The quantitative estimate of drug-likeness (QED) is 0.540. The normalized spacial score (nSPS) is 10.7. The zero-order valence-electron chi connectivity index (χ0n) is 14.3. The van der Waals surface area contributed by atoms with Crippen LogP contribution in [0.25, 0.3) is 10.8 Å². The van der Waals surface area contributed by atoms with Crippen LogP contribution in [-0.4, -0.2) is 33.6 Å². The number of carbonyl (C=O) groups is 1. The van der Waals surface area contributed by atoms with Gasteiger partial charge in [0, 0.05) is 5.39 Å². The number of hydrogen-bond acceptors (Lipinski definition) is 7. The first kappa shape index (κ1) is 16.6. The average Bonchev–Trinajstić information content (AvgIpc) is 3.34. The molecule has 0 unspecified atom stereocenters. The summed E-state index contributed by atoms with van der Waals surface area (Å²) in [6.07, 6.45) is 0. The maximum atomic E-state index is 12.6. The third kappa shape index (κ3) is 3.43. The molecule has 1 amide bonds. The van der Waals surface area contributed by atoms with Crippen molar-refractivity contribution in [1.29, 1.82) is 0 Å². The minimum Gasteiger partial charge on any atom is -0.497 e. The zero-order valence-corrected chi connectivity index (χ0v) is 14.3. The van der Waals surface area contributed by atoms with E-state index in [9.17, 15) is 4.79 Å². The Hall–Kier alpha value is -3.88. The third-order valence-electron chi connectivity index (χ3n) is 3.88. The summed E-state index contributed by atoms with van der Waals surface area (Å²) in [6, 6.07) is 14.9. The Labute approximate surface area is 153 Å². The number of hydrogen-bond donors (Lipinski definition) is 2. The summed E-state index contributed by atoms with van der Waals surface area (Å²) in [5.74, 6) is 0.468. The summed E-state index contributed by atoms with van der Waals surface area (Å²) in [6.45, 7) is 0.298. The number of tetrazole rings is 1. The highest BCUT2D eigenvalue weighted by Crippen LogP contribution is 2.35. The van der Waals surface area contributed by atoms with Gasteiger partial charge in [0.2, 0.25) is 5.76 Å². The van der Waals surface area contributed by atoms with E-state index in [4.69, 9.17) is 13.9 Å². The molecule has 0 aliphatic rings. The highest BCUT2D eigenvalue weighted by atomic mass is 16.6. The van der Waals surface area contributed by atoms with Gasteiger partial charge >= 0.3 is 0 Å². The molecule has 0 saturated carbocycles. The van der Waals surface area contributed by atoms with Crippen LogP contribution >= 0.6 is 0 Å². The predicted octanol–water partition coefficient (Wildman–Crippen LogP) is 2.79. The first-order chi connectivity index (χ1) is 13.2. The fourth-order valence-electron chi connectivity index (χ4n) is 2.59. The van der Waals surface area contributed by atoms with E-state index in [2.05, 4.69) is 25.9 Å². The van der Waals surface area contributed by atoms with Gasteiger partial charge in [0.25, 0.3) is 17.8 Å². The lowest BCUT2D eigenvalue weighted by molar-refractivity contribution is 0.0988. The van der Waals surface area contributed by atoms with Gasteiger partial charge in [-0.05, 0) is 29.0 Å². The summed E-state index contributed by atoms with van der Waals surface area (Å²) in [5, 5.41) is 16.8. The second-order valence-corrected chi connectivity index (χ2v) is 5.59. The van der Waals surface area contributed by atoms with Gasteiger partial charge in [-0.1, -0.05) is 35.4 Å². The minimum absolute atomic E-state index is 0.0461. The van der Waals surface area contributed by atoms with Gasteiger partial charge in [-0.15, -0.1) is 5.10 Å². The van der Waals surface area contributed by atoms with E-state index in [0.29, 0.717) is 23.1 Å². The van der Waals surface area contributed by atoms with E-state index in [1.807, 2.05) is 30.3 Å².